The molecule has 0 heterocycles. The normalized spacial score (nSPS) is 10.5. The molecule has 1 N–H and O–H groups in total. The molecule has 17 heavy (non-hydrogen) atoms. The Hall–Kier alpha value is -2.31. The summed E-state index contributed by atoms with van der Waals surface area (Å²) in [4.78, 5) is 14.7. The molecule has 0 aliphatic carbocycles. The number of methoxy groups -OCH3 is 1. The molecule has 0 aromatic heterocycles. The number of oxime groups is 1. The van der Waals surface area contributed by atoms with E-state index >= 15 is 0 Å². The first-order valence-electron chi connectivity index (χ1n) is 4.80. The van der Waals surface area contributed by atoms with Gasteiger partial charge in [-0.3, -0.25) is 10.1 Å². The Morgan fingerprint density at radius 1 is 1.59 bits per heavy atom. The number of hydrogen-bond acceptors (Lipinski definition) is 6. The van der Waals surface area contributed by atoms with Crippen molar-refractivity contribution in [2.75, 3.05) is 13.7 Å². The summed E-state index contributed by atoms with van der Waals surface area (Å²) in [7, 11) is 1.31. The average Bonchev–Trinajstić information content (AvgIpc) is 2.30. The van der Waals surface area contributed by atoms with Gasteiger partial charge in [0.15, 0.2) is 5.75 Å². The number of nitrogens with zero attached hydrogens (tertiary/aromatic N) is 2. The second-order valence-electron chi connectivity index (χ2n) is 3.00. The minimum absolute atomic E-state index is 0.0112. The second kappa shape index (κ2) is 5.69. The molecule has 0 amide bonds. The summed E-state index contributed by atoms with van der Waals surface area (Å²) >= 11 is 0. The summed E-state index contributed by atoms with van der Waals surface area (Å²) < 4.78 is 4.83. The largest absolute Gasteiger partial charge is 0.500 e. The van der Waals surface area contributed by atoms with Crippen molar-refractivity contribution >= 4 is 11.9 Å². The lowest BCUT2D eigenvalue weighted by molar-refractivity contribution is -0.386. The van der Waals surface area contributed by atoms with Crippen LogP contribution in [0.15, 0.2) is 17.3 Å². The summed E-state index contributed by atoms with van der Waals surface area (Å²) in [5, 5.41) is 23.8. The Bertz CT molecular complexity index is 445. The highest BCUT2D eigenvalue weighted by Gasteiger charge is 2.19. The molecule has 0 unspecified atom stereocenters. The zero-order chi connectivity index (χ0) is 12.8. The fourth-order valence-corrected chi connectivity index (χ4v) is 1.16. The van der Waals surface area contributed by atoms with Crippen molar-refractivity contribution < 1.29 is 19.6 Å². The van der Waals surface area contributed by atoms with Gasteiger partial charge in [-0.25, -0.2) is 0 Å². The second-order valence-corrected chi connectivity index (χ2v) is 3.00. The maximum Gasteiger partial charge on any atom is 0.315 e. The van der Waals surface area contributed by atoms with Gasteiger partial charge < -0.3 is 14.7 Å². The highest BCUT2D eigenvalue weighted by Crippen LogP contribution is 2.36. The summed E-state index contributed by atoms with van der Waals surface area (Å²) in [6, 6.07) is 2.60. The van der Waals surface area contributed by atoms with Gasteiger partial charge in [-0.05, 0) is 13.0 Å². The third-order valence-electron chi connectivity index (χ3n) is 1.90. The lowest BCUT2D eigenvalue weighted by Gasteiger charge is -2.04. The van der Waals surface area contributed by atoms with Gasteiger partial charge in [-0.15, -0.1) is 0 Å². The highest BCUT2D eigenvalue weighted by molar-refractivity contribution is 5.82. The molecule has 0 radical (unpaired) electrons. The minimum atomic E-state index is -0.699. The Balaban J connectivity index is 3.16. The SMILES string of the molecule is CCO/N=C/c1cc(OC)c(O)c([N+](=O)[O-])c1. The number of phenols is 1. The van der Waals surface area contributed by atoms with Crippen LogP contribution in [0.1, 0.15) is 12.5 Å². The number of hydrogen-bond donors (Lipinski definition) is 1. The van der Waals surface area contributed by atoms with Crippen LogP contribution >= 0.6 is 0 Å². The predicted octanol–water partition coefficient (Wildman–Crippen LogP) is 1.68. The van der Waals surface area contributed by atoms with Crippen LogP contribution in [-0.2, 0) is 4.84 Å². The molecule has 1 rings (SSSR count). The minimum Gasteiger partial charge on any atom is -0.500 e. The number of nitro benzene ring substituents is 1. The van der Waals surface area contributed by atoms with Gasteiger partial charge >= 0.3 is 5.69 Å². The highest BCUT2D eigenvalue weighted by atomic mass is 16.6. The van der Waals surface area contributed by atoms with Crippen molar-refractivity contribution in [2.45, 2.75) is 6.92 Å². The zero-order valence-electron chi connectivity index (χ0n) is 9.41. The Morgan fingerprint density at radius 2 is 2.29 bits per heavy atom. The molecule has 92 valence electrons. The quantitative estimate of drug-likeness (QED) is 0.480. The standard InChI is InChI=1S/C10H12N2O5/c1-3-17-11-6-7-4-8(12(14)15)10(13)9(5-7)16-2/h4-6,13H,3H2,1-2H3/b11-6+. The zero-order valence-corrected chi connectivity index (χ0v) is 9.41. The molecule has 0 bridgehead atoms. The Kier molecular flexibility index (Phi) is 4.27. The summed E-state index contributed by atoms with van der Waals surface area (Å²) in [5.74, 6) is -0.497. The molecule has 0 saturated carbocycles. The Labute approximate surface area is 97.4 Å². The third kappa shape index (κ3) is 3.07. The van der Waals surface area contributed by atoms with Gasteiger partial charge in [0.1, 0.15) is 6.61 Å². The van der Waals surface area contributed by atoms with E-state index in [1.807, 2.05) is 0 Å². The number of phenolic OH excluding ortho intramolecular Hbond substituents is 1. The van der Waals surface area contributed by atoms with Crippen LogP contribution in [0.5, 0.6) is 11.5 Å². The predicted molar refractivity (Wildman–Crippen MR) is 60.5 cm³/mol. The van der Waals surface area contributed by atoms with Crippen molar-refractivity contribution in [3.63, 3.8) is 0 Å². The number of nitro groups is 1. The van der Waals surface area contributed by atoms with E-state index in [0.29, 0.717) is 12.2 Å². The first-order chi connectivity index (χ1) is 8.10. The molecule has 1 aromatic rings. The van der Waals surface area contributed by atoms with Crippen molar-refractivity contribution in [3.8, 4) is 11.5 Å². The maximum absolute atomic E-state index is 10.7. The van der Waals surface area contributed by atoms with E-state index in [2.05, 4.69) is 5.16 Å². The van der Waals surface area contributed by atoms with Crippen LogP contribution in [0, 0.1) is 10.1 Å². The number of ether oxygens (including phenoxy) is 1. The summed E-state index contributed by atoms with van der Waals surface area (Å²) in [6.45, 7) is 2.16. The molecule has 0 fully saturated rings. The molecule has 0 saturated heterocycles. The van der Waals surface area contributed by atoms with Crippen LogP contribution < -0.4 is 4.74 Å². The molecule has 0 spiro atoms. The summed E-state index contributed by atoms with van der Waals surface area (Å²) in [6.07, 6.45) is 1.30. The molecule has 7 heteroatoms. The van der Waals surface area contributed by atoms with Crippen molar-refractivity contribution in [2.24, 2.45) is 5.16 Å². The smallest absolute Gasteiger partial charge is 0.315 e. The van der Waals surface area contributed by atoms with Crippen LogP contribution in [0.25, 0.3) is 0 Å². The fraction of sp³-hybridized carbons (Fsp3) is 0.300. The van der Waals surface area contributed by atoms with E-state index in [1.54, 1.807) is 6.92 Å². The van der Waals surface area contributed by atoms with Crippen LogP contribution in [0.3, 0.4) is 0 Å². The van der Waals surface area contributed by atoms with Crippen molar-refractivity contribution in [1.82, 2.24) is 0 Å². The van der Waals surface area contributed by atoms with Gasteiger partial charge in [0, 0.05) is 11.6 Å². The van der Waals surface area contributed by atoms with E-state index in [9.17, 15) is 15.2 Å². The Morgan fingerprint density at radius 3 is 2.82 bits per heavy atom. The van der Waals surface area contributed by atoms with E-state index in [-0.39, 0.29) is 5.75 Å². The lowest BCUT2D eigenvalue weighted by atomic mass is 10.2. The van der Waals surface area contributed by atoms with Gasteiger partial charge in [0.2, 0.25) is 5.75 Å². The molecule has 7 nitrogen and oxygen atoms in total. The molecular weight excluding hydrogens is 228 g/mol. The van der Waals surface area contributed by atoms with Crippen LogP contribution in [0.2, 0.25) is 0 Å². The average molecular weight is 240 g/mol. The fourth-order valence-electron chi connectivity index (χ4n) is 1.16. The molecule has 1 aromatic carbocycles. The van der Waals surface area contributed by atoms with Gasteiger partial charge in [0.05, 0.1) is 18.2 Å². The van der Waals surface area contributed by atoms with Gasteiger partial charge in [-0.2, -0.15) is 0 Å². The molecular formula is C10H12N2O5. The van der Waals surface area contributed by atoms with Gasteiger partial charge in [0.25, 0.3) is 0 Å². The van der Waals surface area contributed by atoms with E-state index in [4.69, 9.17) is 9.57 Å². The molecule has 0 atom stereocenters. The van der Waals surface area contributed by atoms with E-state index < -0.39 is 16.4 Å². The number of benzene rings is 1. The van der Waals surface area contributed by atoms with Crippen molar-refractivity contribution in [1.29, 1.82) is 0 Å². The van der Waals surface area contributed by atoms with E-state index in [1.165, 1.54) is 25.5 Å². The van der Waals surface area contributed by atoms with E-state index in [0.717, 1.165) is 0 Å². The number of aromatic hydroxyl groups is 1. The first kappa shape index (κ1) is 12.8. The molecule has 0 aliphatic rings. The topological polar surface area (TPSA) is 94.2 Å². The maximum atomic E-state index is 10.7. The number of rotatable bonds is 5. The molecule has 0 aliphatic heterocycles. The first-order valence-corrected chi connectivity index (χ1v) is 4.80. The monoisotopic (exact) mass is 240 g/mol. The van der Waals surface area contributed by atoms with Crippen molar-refractivity contribution in [3.05, 3.63) is 27.8 Å². The van der Waals surface area contributed by atoms with Crippen LogP contribution in [-0.4, -0.2) is 30.0 Å². The van der Waals surface area contributed by atoms with Gasteiger partial charge in [-0.1, -0.05) is 5.16 Å². The third-order valence-corrected chi connectivity index (χ3v) is 1.90. The van der Waals surface area contributed by atoms with Crippen LogP contribution in [0.4, 0.5) is 5.69 Å². The summed E-state index contributed by atoms with van der Waals surface area (Å²) in [5.41, 5.74) is -0.0397. The lowest BCUT2D eigenvalue weighted by Crippen LogP contribution is -1.95.